The zero-order valence-corrected chi connectivity index (χ0v) is 11.3. The van der Waals surface area contributed by atoms with Crippen molar-refractivity contribution in [1.29, 1.82) is 0 Å². The molecular formula is C16H17FO3. The molecule has 0 saturated carbocycles. The van der Waals surface area contributed by atoms with E-state index >= 15 is 0 Å². The number of para-hydroxylation sites is 1. The number of halogens is 1. The number of hydrogen-bond donors (Lipinski definition) is 1. The highest BCUT2D eigenvalue weighted by molar-refractivity contribution is 5.35. The van der Waals surface area contributed by atoms with Crippen molar-refractivity contribution in [3.05, 3.63) is 59.9 Å². The average molecular weight is 276 g/mol. The summed E-state index contributed by atoms with van der Waals surface area (Å²) in [5.74, 6) is 0.648. The van der Waals surface area contributed by atoms with E-state index in [-0.39, 0.29) is 12.4 Å². The summed E-state index contributed by atoms with van der Waals surface area (Å²) in [6, 6.07) is 13.1. The third-order valence-electron chi connectivity index (χ3n) is 2.78. The normalized spacial score (nSPS) is 11.9. The number of rotatable bonds is 6. The first-order valence-corrected chi connectivity index (χ1v) is 6.49. The molecule has 0 aromatic heterocycles. The average Bonchev–Trinajstić information content (AvgIpc) is 2.46. The molecule has 4 heteroatoms. The summed E-state index contributed by atoms with van der Waals surface area (Å²) < 4.78 is 23.9. The molecule has 106 valence electrons. The smallest absolute Gasteiger partial charge is 0.126 e. The molecule has 1 unspecified atom stereocenters. The van der Waals surface area contributed by atoms with Crippen LogP contribution in [0.15, 0.2) is 48.5 Å². The maximum atomic E-state index is 13.0. The van der Waals surface area contributed by atoms with Crippen LogP contribution < -0.4 is 9.47 Å². The minimum atomic E-state index is -0.832. The van der Waals surface area contributed by atoms with E-state index in [0.29, 0.717) is 23.7 Å². The van der Waals surface area contributed by atoms with Crippen LogP contribution in [0.3, 0.4) is 0 Å². The summed E-state index contributed by atoms with van der Waals surface area (Å²) in [6.45, 7) is 2.44. The van der Waals surface area contributed by atoms with E-state index < -0.39 is 6.10 Å². The van der Waals surface area contributed by atoms with Crippen LogP contribution >= 0.6 is 0 Å². The van der Waals surface area contributed by atoms with Crippen LogP contribution in [0.25, 0.3) is 0 Å². The molecule has 0 radical (unpaired) electrons. The second-order valence-electron chi connectivity index (χ2n) is 4.26. The highest BCUT2D eigenvalue weighted by Crippen LogP contribution is 2.25. The minimum Gasteiger partial charge on any atom is -0.493 e. The molecule has 1 atom stereocenters. The van der Waals surface area contributed by atoms with Crippen molar-refractivity contribution in [3.63, 3.8) is 0 Å². The Morgan fingerprint density at radius 3 is 2.65 bits per heavy atom. The van der Waals surface area contributed by atoms with Gasteiger partial charge < -0.3 is 14.6 Å². The summed E-state index contributed by atoms with van der Waals surface area (Å²) in [6.07, 6.45) is -0.832. The third kappa shape index (κ3) is 3.71. The van der Waals surface area contributed by atoms with Crippen molar-refractivity contribution in [2.24, 2.45) is 0 Å². The van der Waals surface area contributed by atoms with Gasteiger partial charge in [0.15, 0.2) is 0 Å². The van der Waals surface area contributed by atoms with Crippen molar-refractivity contribution in [1.82, 2.24) is 0 Å². The number of hydrogen-bond acceptors (Lipinski definition) is 3. The maximum absolute atomic E-state index is 13.0. The zero-order valence-electron chi connectivity index (χ0n) is 11.3. The molecule has 1 N–H and O–H groups in total. The van der Waals surface area contributed by atoms with Gasteiger partial charge in [-0.15, -0.1) is 0 Å². The molecule has 2 aromatic carbocycles. The van der Waals surface area contributed by atoms with Gasteiger partial charge in [-0.2, -0.15) is 0 Å². The van der Waals surface area contributed by atoms with E-state index in [0.717, 1.165) is 0 Å². The number of aliphatic hydroxyl groups is 1. The Hall–Kier alpha value is -2.07. The standard InChI is InChI=1S/C16H17FO3/c1-2-19-16-9-4-3-8-14(16)15(18)11-20-13-7-5-6-12(17)10-13/h3-10,15,18H,2,11H2,1H3. The van der Waals surface area contributed by atoms with Crippen LogP contribution in [0.5, 0.6) is 11.5 Å². The number of ether oxygens (including phenoxy) is 2. The van der Waals surface area contributed by atoms with E-state index in [1.807, 2.05) is 19.1 Å². The molecule has 0 aliphatic heterocycles. The second kappa shape index (κ2) is 6.91. The van der Waals surface area contributed by atoms with Crippen molar-refractivity contribution in [2.75, 3.05) is 13.2 Å². The van der Waals surface area contributed by atoms with Gasteiger partial charge in [0.05, 0.1) is 6.61 Å². The fourth-order valence-electron chi connectivity index (χ4n) is 1.86. The van der Waals surface area contributed by atoms with Gasteiger partial charge in [0.25, 0.3) is 0 Å². The molecular weight excluding hydrogens is 259 g/mol. The van der Waals surface area contributed by atoms with E-state index in [1.54, 1.807) is 24.3 Å². The predicted octanol–water partition coefficient (Wildman–Crippen LogP) is 3.34. The quantitative estimate of drug-likeness (QED) is 0.879. The topological polar surface area (TPSA) is 38.7 Å². The Labute approximate surface area is 117 Å². The molecule has 0 fully saturated rings. The molecule has 20 heavy (non-hydrogen) atoms. The van der Waals surface area contributed by atoms with Gasteiger partial charge in [-0.05, 0) is 25.1 Å². The molecule has 0 aliphatic carbocycles. The van der Waals surface area contributed by atoms with Gasteiger partial charge in [0.1, 0.15) is 30.0 Å². The number of benzene rings is 2. The van der Waals surface area contributed by atoms with Crippen LogP contribution in [0.4, 0.5) is 4.39 Å². The van der Waals surface area contributed by atoms with Crippen LogP contribution in [-0.4, -0.2) is 18.3 Å². The molecule has 2 aromatic rings. The van der Waals surface area contributed by atoms with Gasteiger partial charge in [-0.3, -0.25) is 0 Å². The molecule has 0 bridgehead atoms. The molecule has 0 amide bonds. The molecule has 3 nitrogen and oxygen atoms in total. The highest BCUT2D eigenvalue weighted by atomic mass is 19.1. The summed E-state index contributed by atoms with van der Waals surface area (Å²) in [4.78, 5) is 0. The first kappa shape index (κ1) is 14.3. The SMILES string of the molecule is CCOc1ccccc1C(O)COc1cccc(F)c1. The van der Waals surface area contributed by atoms with Crippen LogP contribution in [-0.2, 0) is 0 Å². The molecule has 0 spiro atoms. The molecule has 0 aliphatic rings. The lowest BCUT2D eigenvalue weighted by atomic mass is 10.1. The van der Waals surface area contributed by atoms with Crippen LogP contribution in [0.1, 0.15) is 18.6 Å². The van der Waals surface area contributed by atoms with Gasteiger partial charge in [0, 0.05) is 11.6 Å². The van der Waals surface area contributed by atoms with Gasteiger partial charge >= 0.3 is 0 Å². The van der Waals surface area contributed by atoms with E-state index in [9.17, 15) is 9.50 Å². The van der Waals surface area contributed by atoms with Crippen molar-refractivity contribution in [3.8, 4) is 11.5 Å². The van der Waals surface area contributed by atoms with Gasteiger partial charge in [0.2, 0.25) is 0 Å². The molecule has 0 saturated heterocycles. The van der Waals surface area contributed by atoms with Crippen molar-refractivity contribution in [2.45, 2.75) is 13.0 Å². The maximum Gasteiger partial charge on any atom is 0.126 e. The first-order valence-electron chi connectivity index (χ1n) is 6.49. The van der Waals surface area contributed by atoms with E-state index in [2.05, 4.69) is 0 Å². The Kier molecular flexibility index (Phi) is 4.96. The van der Waals surface area contributed by atoms with Gasteiger partial charge in [-0.1, -0.05) is 24.3 Å². The van der Waals surface area contributed by atoms with E-state index in [1.165, 1.54) is 12.1 Å². The largest absolute Gasteiger partial charge is 0.493 e. The van der Waals surface area contributed by atoms with Crippen LogP contribution in [0.2, 0.25) is 0 Å². The molecule has 0 heterocycles. The highest BCUT2D eigenvalue weighted by Gasteiger charge is 2.13. The monoisotopic (exact) mass is 276 g/mol. The second-order valence-corrected chi connectivity index (χ2v) is 4.26. The van der Waals surface area contributed by atoms with Crippen molar-refractivity contribution >= 4 is 0 Å². The third-order valence-corrected chi connectivity index (χ3v) is 2.78. The van der Waals surface area contributed by atoms with E-state index in [4.69, 9.17) is 9.47 Å². The van der Waals surface area contributed by atoms with Crippen LogP contribution in [0, 0.1) is 5.82 Å². The summed E-state index contributed by atoms with van der Waals surface area (Å²) in [5, 5.41) is 10.2. The van der Waals surface area contributed by atoms with Gasteiger partial charge in [-0.25, -0.2) is 4.39 Å². The fraction of sp³-hybridized carbons (Fsp3) is 0.250. The predicted molar refractivity (Wildman–Crippen MR) is 74.5 cm³/mol. The summed E-state index contributed by atoms with van der Waals surface area (Å²) in [5.41, 5.74) is 0.658. The Morgan fingerprint density at radius 2 is 1.90 bits per heavy atom. The number of aliphatic hydroxyl groups excluding tert-OH is 1. The lowest BCUT2D eigenvalue weighted by Gasteiger charge is -2.16. The summed E-state index contributed by atoms with van der Waals surface area (Å²) >= 11 is 0. The summed E-state index contributed by atoms with van der Waals surface area (Å²) in [7, 11) is 0. The lowest BCUT2D eigenvalue weighted by molar-refractivity contribution is 0.105. The Bertz CT molecular complexity index is 557. The Morgan fingerprint density at radius 1 is 1.10 bits per heavy atom. The lowest BCUT2D eigenvalue weighted by Crippen LogP contribution is -2.11. The first-order chi connectivity index (χ1) is 9.70. The zero-order chi connectivity index (χ0) is 14.4. The Balaban J connectivity index is 2.03. The molecule has 2 rings (SSSR count). The minimum absolute atomic E-state index is 0.0353. The van der Waals surface area contributed by atoms with Crippen molar-refractivity contribution < 1.29 is 19.0 Å². The fourth-order valence-corrected chi connectivity index (χ4v) is 1.86.